The number of hydrogen-bond acceptors (Lipinski definition) is 2. The van der Waals surface area contributed by atoms with Gasteiger partial charge in [-0.15, -0.1) is 0 Å². The topological polar surface area (TPSA) is 23.5 Å². The zero-order chi connectivity index (χ0) is 14.1. The molecule has 1 aliphatic rings. The maximum Gasteiger partial charge on any atom is 0.147 e. The highest BCUT2D eigenvalue weighted by Crippen LogP contribution is 2.35. The van der Waals surface area contributed by atoms with Crippen molar-refractivity contribution in [3.63, 3.8) is 0 Å². The van der Waals surface area contributed by atoms with Crippen molar-refractivity contribution < 1.29 is 9.50 Å². The fourth-order valence-corrected chi connectivity index (χ4v) is 2.84. The molecule has 0 aromatic heterocycles. The molecule has 0 atom stereocenters. The Labute approximate surface area is 118 Å². The predicted octanol–water partition coefficient (Wildman–Crippen LogP) is 3.71. The Morgan fingerprint density at radius 2 is 1.95 bits per heavy atom. The van der Waals surface area contributed by atoms with E-state index in [1.165, 1.54) is 17.2 Å². The number of halogens is 1. The Hall–Kier alpha value is -1.87. The van der Waals surface area contributed by atoms with Crippen LogP contribution in [0.5, 0.6) is 0 Å². The molecule has 1 aliphatic heterocycles. The van der Waals surface area contributed by atoms with Crippen LogP contribution in [-0.4, -0.2) is 11.7 Å². The molecule has 2 aromatic carbocycles. The van der Waals surface area contributed by atoms with Gasteiger partial charge in [0.2, 0.25) is 0 Å². The molecule has 3 heteroatoms. The maximum atomic E-state index is 14.2. The molecule has 2 nitrogen and oxygen atoms in total. The molecule has 2 aromatic rings. The summed E-state index contributed by atoms with van der Waals surface area (Å²) in [5.41, 5.74) is 4.81. The number of rotatable bonds is 2. The van der Waals surface area contributed by atoms with E-state index in [4.69, 9.17) is 5.11 Å². The molecule has 0 saturated carbocycles. The molecule has 0 spiro atoms. The zero-order valence-electron chi connectivity index (χ0n) is 11.6. The normalized spacial score (nSPS) is 14.2. The van der Waals surface area contributed by atoms with Crippen molar-refractivity contribution in [1.29, 1.82) is 0 Å². The van der Waals surface area contributed by atoms with E-state index in [2.05, 4.69) is 25.1 Å². The van der Waals surface area contributed by atoms with Crippen molar-refractivity contribution in [2.45, 2.75) is 26.4 Å². The number of anilines is 2. The van der Waals surface area contributed by atoms with E-state index in [-0.39, 0.29) is 12.4 Å². The van der Waals surface area contributed by atoms with Gasteiger partial charge in [0, 0.05) is 12.2 Å². The Morgan fingerprint density at radius 1 is 1.15 bits per heavy atom. The summed E-state index contributed by atoms with van der Waals surface area (Å²) in [5, 5.41) is 9.07. The van der Waals surface area contributed by atoms with Crippen LogP contribution in [0.2, 0.25) is 0 Å². The van der Waals surface area contributed by atoms with Crippen LogP contribution in [0.4, 0.5) is 15.8 Å². The second kappa shape index (κ2) is 5.25. The molecule has 20 heavy (non-hydrogen) atoms. The van der Waals surface area contributed by atoms with Gasteiger partial charge < -0.3 is 10.0 Å². The van der Waals surface area contributed by atoms with Gasteiger partial charge in [-0.05, 0) is 49.1 Å². The molecule has 1 heterocycles. The van der Waals surface area contributed by atoms with Gasteiger partial charge in [-0.25, -0.2) is 4.39 Å². The van der Waals surface area contributed by atoms with Crippen molar-refractivity contribution in [3.05, 3.63) is 58.9 Å². The quantitative estimate of drug-likeness (QED) is 0.900. The van der Waals surface area contributed by atoms with Gasteiger partial charge in [-0.1, -0.05) is 23.8 Å². The van der Waals surface area contributed by atoms with Crippen molar-refractivity contribution in [1.82, 2.24) is 0 Å². The summed E-state index contributed by atoms with van der Waals surface area (Å²) in [5.74, 6) is -0.273. The van der Waals surface area contributed by atoms with Crippen LogP contribution < -0.4 is 4.90 Å². The SMILES string of the molecule is Cc1ccc2c(c1)CCCN2c1ccc(CO)cc1F. The largest absolute Gasteiger partial charge is 0.392 e. The third-order valence-electron chi connectivity index (χ3n) is 3.84. The Balaban J connectivity index is 2.04. The van der Waals surface area contributed by atoms with Crippen molar-refractivity contribution >= 4 is 11.4 Å². The van der Waals surface area contributed by atoms with E-state index in [0.717, 1.165) is 25.1 Å². The molecule has 0 unspecified atom stereocenters. The minimum absolute atomic E-state index is 0.132. The third kappa shape index (κ3) is 2.29. The predicted molar refractivity (Wildman–Crippen MR) is 78.8 cm³/mol. The summed E-state index contributed by atoms with van der Waals surface area (Å²) in [7, 11) is 0. The number of fused-ring (bicyclic) bond motifs is 1. The average molecular weight is 271 g/mol. The molecule has 0 bridgehead atoms. The summed E-state index contributed by atoms with van der Waals surface area (Å²) >= 11 is 0. The van der Waals surface area contributed by atoms with E-state index in [0.29, 0.717) is 11.3 Å². The first kappa shape index (κ1) is 13.1. The second-order valence-electron chi connectivity index (χ2n) is 5.33. The number of benzene rings is 2. The van der Waals surface area contributed by atoms with Crippen molar-refractivity contribution in [3.8, 4) is 0 Å². The van der Waals surface area contributed by atoms with E-state index in [1.54, 1.807) is 12.1 Å². The maximum absolute atomic E-state index is 14.2. The number of aryl methyl sites for hydroxylation is 2. The highest BCUT2D eigenvalue weighted by molar-refractivity contribution is 5.68. The minimum Gasteiger partial charge on any atom is -0.392 e. The molecule has 0 fully saturated rings. The lowest BCUT2D eigenvalue weighted by atomic mass is 9.99. The fourth-order valence-electron chi connectivity index (χ4n) is 2.84. The summed E-state index contributed by atoms with van der Waals surface area (Å²) < 4.78 is 14.2. The summed E-state index contributed by atoms with van der Waals surface area (Å²) in [6.45, 7) is 2.77. The van der Waals surface area contributed by atoms with Crippen LogP contribution in [-0.2, 0) is 13.0 Å². The van der Waals surface area contributed by atoms with Gasteiger partial charge in [0.15, 0.2) is 0 Å². The number of aliphatic hydroxyl groups is 1. The highest BCUT2D eigenvalue weighted by Gasteiger charge is 2.20. The molecule has 104 valence electrons. The van der Waals surface area contributed by atoms with Crippen LogP contribution in [0.1, 0.15) is 23.1 Å². The van der Waals surface area contributed by atoms with Gasteiger partial charge in [0.25, 0.3) is 0 Å². The monoisotopic (exact) mass is 271 g/mol. The lowest BCUT2D eigenvalue weighted by molar-refractivity contribution is 0.281. The molecule has 0 aliphatic carbocycles. The van der Waals surface area contributed by atoms with Gasteiger partial charge in [0.1, 0.15) is 5.82 Å². The highest BCUT2D eigenvalue weighted by atomic mass is 19.1. The number of nitrogens with zero attached hydrogens (tertiary/aromatic N) is 1. The summed E-state index contributed by atoms with van der Waals surface area (Å²) in [4.78, 5) is 2.04. The lowest BCUT2D eigenvalue weighted by Crippen LogP contribution is -2.25. The molecular formula is C17H18FNO. The van der Waals surface area contributed by atoms with Crippen molar-refractivity contribution in [2.24, 2.45) is 0 Å². The Morgan fingerprint density at radius 3 is 2.70 bits per heavy atom. The molecule has 0 amide bonds. The van der Waals surface area contributed by atoms with E-state index < -0.39 is 0 Å². The van der Waals surface area contributed by atoms with Crippen molar-refractivity contribution in [2.75, 3.05) is 11.4 Å². The molecular weight excluding hydrogens is 253 g/mol. The van der Waals surface area contributed by atoms with Gasteiger partial charge in [0.05, 0.1) is 12.3 Å². The van der Waals surface area contributed by atoms with Crippen LogP contribution >= 0.6 is 0 Å². The van der Waals surface area contributed by atoms with E-state index in [1.807, 2.05) is 4.90 Å². The molecule has 0 saturated heterocycles. The van der Waals surface area contributed by atoms with E-state index in [9.17, 15) is 4.39 Å². The summed E-state index contributed by atoms with van der Waals surface area (Å²) in [6.07, 6.45) is 2.07. The van der Waals surface area contributed by atoms with Crippen LogP contribution in [0.25, 0.3) is 0 Å². The first-order valence-corrected chi connectivity index (χ1v) is 6.95. The van der Waals surface area contributed by atoms with Gasteiger partial charge in [-0.3, -0.25) is 0 Å². The molecule has 0 radical (unpaired) electrons. The molecule has 3 rings (SSSR count). The second-order valence-corrected chi connectivity index (χ2v) is 5.33. The number of hydrogen-bond donors (Lipinski definition) is 1. The van der Waals surface area contributed by atoms with Crippen LogP contribution in [0, 0.1) is 12.7 Å². The average Bonchev–Trinajstić information content (AvgIpc) is 2.46. The van der Waals surface area contributed by atoms with Crippen LogP contribution in [0.15, 0.2) is 36.4 Å². The zero-order valence-corrected chi connectivity index (χ0v) is 11.6. The third-order valence-corrected chi connectivity index (χ3v) is 3.84. The summed E-state index contributed by atoms with van der Waals surface area (Å²) in [6, 6.07) is 11.3. The van der Waals surface area contributed by atoms with Crippen LogP contribution in [0.3, 0.4) is 0 Å². The van der Waals surface area contributed by atoms with Gasteiger partial charge >= 0.3 is 0 Å². The minimum atomic E-state index is -0.273. The van der Waals surface area contributed by atoms with Gasteiger partial charge in [-0.2, -0.15) is 0 Å². The first-order valence-electron chi connectivity index (χ1n) is 6.95. The fraction of sp³-hybridized carbons (Fsp3) is 0.294. The Bertz CT molecular complexity index is 639. The molecule has 1 N–H and O–H groups in total. The smallest absolute Gasteiger partial charge is 0.147 e. The Kier molecular flexibility index (Phi) is 3.45. The lowest BCUT2D eigenvalue weighted by Gasteiger charge is -2.32. The first-order chi connectivity index (χ1) is 9.69. The number of aliphatic hydroxyl groups excluding tert-OH is 1. The van der Waals surface area contributed by atoms with E-state index >= 15 is 0 Å². The standard InChI is InChI=1S/C17H18FNO/c1-12-4-6-16-14(9-12)3-2-8-19(16)17-7-5-13(11-20)10-15(17)18/h4-7,9-10,20H,2-3,8,11H2,1H3.